The maximum atomic E-state index is 12.1. The van der Waals surface area contributed by atoms with Gasteiger partial charge in [-0.1, -0.05) is 19.9 Å². The Morgan fingerprint density at radius 3 is 2.44 bits per heavy atom. The van der Waals surface area contributed by atoms with Crippen LogP contribution in [-0.2, 0) is 14.3 Å². The first-order valence-corrected chi connectivity index (χ1v) is 8.27. The Kier molecular flexibility index (Phi) is 8.07. The van der Waals surface area contributed by atoms with Crippen molar-refractivity contribution in [2.24, 2.45) is 5.92 Å². The van der Waals surface area contributed by atoms with E-state index in [1.807, 2.05) is 13.8 Å². The van der Waals surface area contributed by atoms with Crippen molar-refractivity contribution in [3.05, 3.63) is 29.8 Å². The number of esters is 1. The summed E-state index contributed by atoms with van der Waals surface area (Å²) in [5.41, 5.74) is 1.01. The average Bonchev–Trinajstić information content (AvgIpc) is 2.54. The zero-order chi connectivity index (χ0) is 19.0. The fraction of sp³-hybridized carbons (Fsp3) is 0.500. The van der Waals surface area contributed by atoms with Gasteiger partial charge in [0.15, 0.2) is 0 Å². The van der Waals surface area contributed by atoms with E-state index in [2.05, 4.69) is 10.6 Å². The van der Waals surface area contributed by atoms with Crippen LogP contribution in [0.2, 0.25) is 0 Å². The number of benzene rings is 1. The van der Waals surface area contributed by atoms with E-state index >= 15 is 0 Å². The number of carbonyl (C=O) groups excluding carboxylic acids is 3. The molecule has 0 aliphatic rings. The lowest BCUT2D eigenvalue weighted by Crippen LogP contribution is -2.45. The monoisotopic (exact) mass is 349 g/mol. The molecule has 1 aromatic rings. The molecule has 7 heteroatoms. The summed E-state index contributed by atoms with van der Waals surface area (Å²) < 4.78 is 5.01. The molecule has 0 aromatic heterocycles. The number of ether oxygens (including phenoxy) is 1. The maximum Gasteiger partial charge on any atom is 0.323 e. The molecule has 7 nitrogen and oxygen atoms in total. The smallest absolute Gasteiger partial charge is 0.323 e. The highest BCUT2D eigenvalue weighted by molar-refractivity contribution is 5.97. The third kappa shape index (κ3) is 6.54. The highest BCUT2D eigenvalue weighted by Gasteiger charge is 2.23. The summed E-state index contributed by atoms with van der Waals surface area (Å²) >= 11 is 0. The second-order valence-corrected chi connectivity index (χ2v) is 6.18. The van der Waals surface area contributed by atoms with E-state index in [0.29, 0.717) is 17.9 Å². The molecule has 138 valence electrons. The Bertz CT molecular complexity index is 614. The lowest BCUT2D eigenvalue weighted by molar-refractivity contribution is -0.146. The SMILES string of the molecule is CCOC(=O)[C@@H](NCC(=O)Nc1cccc(C(=O)N(C)C)c1)C(C)C. The van der Waals surface area contributed by atoms with Crippen molar-refractivity contribution >= 4 is 23.5 Å². The second-order valence-electron chi connectivity index (χ2n) is 6.18. The van der Waals surface area contributed by atoms with Crippen LogP contribution in [0.3, 0.4) is 0 Å². The van der Waals surface area contributed by atoms with E-state index in [9.17, 15) is 14.4 Å². The van der Waals surface area contributed by atoms with Gasteiger partial charge in [-0.15, -0.1) is 0 Å². The van der Waals surface area contributed by atoms with Crippen molar-refractivity contribution in [3.63, 3.8) is 0 Å². The van der Waals surface area contributed by atoms with Gasteiger partial charge in [-0.2, -0.15) is 0 Å². The van der Waals surface area contributed by atoms with Crippen LogP contribution in [0.4, 0.5) is 5.69 Å². The van der Waals surface area contributed by atoms with Crippen LogP contribution in [0.5, 0.6) is 0 Å². The summed E-state index contributed by atoms with van der Waals surface area (Å²) in [6.45, 7) is 5.76. The molecule has 0 heterocycles. The molecule has 2 amide bonds. The van der Waals surface area contributed by atoms with Crippen molar-refractivity contribution in [1.82, 2.24) is 10.2 Å². The Labute approximate surface area is 148 Å². The number of nitrogens with zero attached hydrogens (tertiary/aromatic N) is 1. The first-order chi connectivity index (χ1) is 11.8. The highest BCUT2D eigenvalue weighted by atomic mass is 16.5. The number of rotatable bonds is 8. The molecular formula is C18H27N3O4. The summed E-state index contributed by atoms with van der Waals surface area (Å²) in [7, 11) is 3.33. The van der Waals surface area contributed by atoms with Gasteiger partial charge in [-0.25, -0.2) is 0 Å². The van der Waals surface area contributed by atoms with Crippen molar-refractivity contribution in [2.45, 2.75) is 26.8 Å². The van der Waals surface area contributed by atoms with Crippen LogP contribution in [0.15, 0.2) is 24.3 Å². The largest absolute Gasteiger partial charge is 0.465 e. The van der Waals surface area contributed by atoms with Gasteiger partial charge in [0.1, 0.15) is 6.04 Å². The molecule has 0 saturated carbocycles. The predicted molar refractivity (Wildman–Crippen MR) is 96.4 cm³/mol. The lowest BCUT2D eigenvalue weighted by atomic mass is 10.0. The van der Waals surface area contributed by atoms with Gasteiger partial charge in [0.2, 0.25) is 5.91 Å². The van der Waals surface area contributed by atoms with Gasteiger partial charge in [-0.05, 0) is 31.0 Å². The van der Waals surface area contributed by atoms with Crippen LogP contribution in [-0.4, -0.2) is 56.0 Å². The fourth-order valence-electron chi connectivity index (χ4n) is 2.22. The molecule has 0 radical (unpaired) electrons. The Balaban J connectivity index is 2.66. The lowest BCUT2D eigenvalue weighted by Gasteiger charge is -2.20. The van der Waals surface area contributed by atoms with Crippen molar-refractivity contribution in [2.75, 3.05) is 32.6 Å². The zero-order valence-electron chi connectivity index (χ0n) is 15.5. The van der Waals surface area contributed by atoms with E-state index in [1.165, 1.54) is 4.90 Å². The van der Waals surface area contributed by atoms with Gasteiger partial charge in [0.05, 0.1) is 13.2 Å². The molecule has 0 aliphatic heterocycles. The first-order valence-electron chi connectivity index (χ1n) is 8.27. The summed E-state index contributed by atoms with van der Waals surface area (Å²) in [6, 6.07) is 6.16. The van der Waals surface area contributed by atoms with E-state index in [0.717, 1.165) is 0 Å². The van der Waals surface area contributed by atoms with Gasteiger partial charge in [-0.3, -0.25) is 19.7 Å². The van der Waals surface area contributed by atoms with E-state index in [-0.39, 0.29) is 30.2 Å². The minimum absolute atomic E-state index is 0.00658. The third-order valence-corrected chi connectivity index (χ3v) is 3.49. The Morgan fingerprint density at radius 1 is 1.20 bits per heavy atom. The van der Waals surface area contributed by atoms with Crippen LogP contribution in [0.25, 0.3) is 0 Å². The fourth-order valence-corrected chi connectivity index (χ4v) is 2.22. The van der Waals surface area contributed by atoms with E-state index in [4.69, 9.17) is 4.74 Å². The standard InChI is InChI=1S/C18H27N3O4/c1-6-25-18(24)16(12(2)3)19-11-15(22)20-14-9-7-8-13(10-14)17(23)21(4)5/h7-10,12,16,19H,6,11H2,1-5H3,(H,20,22)/t16-/m0/s1. The number of carbonyl (C=O) groups is 3. The molecule has 0 saturated heterocycles. The van der Waals surface area contributed by atoms with Crippen molar-refractivity contribution < 1.29 is 19.1 Å². The molecule has 0 unspecified atom stereocenters. The first kappa shape index (κ1) is 20.6. The molecule has 0 fully saturated rings. The van der Waals surface area contributed by atoms with Crippen LogP contribution >= 0.6 is 0 Å². The Morgan fingerprint density at radius 2 is 1.88 bits per heavy atom. The van der Waals surface area contributed by atoms with Gasteiger partial charge >= 0.3 is 5.97 Å². The number of hydrogen-bond acceptors (Lipinski definition) is 5. The molecule has 0 aliphatic carbocycles. The highest BCUT2D eigenvalue weighted by Crippen LogP contribution is 2.12. The zero-order valence-corrected chi connectivity index (χ0v) is 15.5. The van der Waals surface area contributed by atoms with Crippen molar-refractivity contribution in [3.8, 4) is 0 Å². The molecule has 0 spiro atoms. The van der Waals surface area contributed by atoms with E-state index in [1.54, 1.807) is 45.3 Å². The van der Waals surface area contributed by atoms with Crippen LogP contribution in [0.1, 0.15) is 31.1 Å². The van der Waals surface area contributed by atoms with Gasteiger partial charge in [0.25, 0.3) is 5.91 Å². The van der Waals surface area contributed by atoms with Crippen LogP contribution < -0.4 is 10.6 Å². The van der Waals surface area contributed by atoms with E-state index < -0.39 is 6.04 Å². The Hall–Kier alpha value is -2.41. The summed E-state index contributed by atoms with van der Waals surface area (Å²) in [5.74, 6) is -0.822. The minimum atomic E-state index is -0.549. The van der Waals surface area contributed by atoms with Crippen molar-refractivity contribution in [1.29, 1.82) is 0 Å². The molecule has 1 atom stereocenters. The summed E-state index contributed by atoms with van der Waals surface area (Å²) in [6.07, 6.45) is 0. The predicted octanol–water partition coefficient (Wildman–Crippen LogP) is 1.50. The number of hydrogen-bond donors (Lipinski definition) is 2. The molecule has 0 bridgehead atoms. The molecule has 1 aromatic carbocycles. The minimum Gasteiger partial charge on any atom is -0.465 e. The van der Waals surface area contributed by atoms with Gasteiger partial charge in [0, 0.05) is 25.3 Å². The molecular weight excluding hydrogens is 322 g/mol. The summed E-state index contributed by atoms with van der Waals surface area (Å²) in [4.78, 5) is 37.4. The third-order valence-electron chi connectivity index (χ3n) is 3.49. The summed E-state index contributed by atoms with van der Waals surface area (Å²) in [5, 5.41) is 5.63. The maximum absolute atomic E-state index is 12.1. The number of amides is 2. The average molecular weight is 349 g/mol. The second kappa shape index (κ2) is 9.78. The number of anilines is 1. The number of nitrogens with one attached hydrogen (secondary N) is 2. The van der Waals surface area contributed by atoms with Crippen LogP contribution in [0, 0.1) is 5.92 Å². The normalized spacial score (nSPS) is 11.8. The molecule has 1 rings (SSSR count). The molecule has 25 heavy (non-hydrogen) atoms. The van der Waals surface area contributed by atoms with Gasteiger partial charge < -0.3 is 15.0 Å². The quantitative estimate of drug-likeness (QED) is 0.695. The molecule has 2 N–H and O–H groups in total. The topological polar surface area (TPSA) is 87.7 Å².